The van der Waals surface area contributed by atoms with Gasteiger partial charge in [-0.2, -0.15) is 0 Å². The highest BCUT2D eigenvalue weighted by Gasteiger charge is 2.21. The molecule has 1 nitrogen and oxygen atoms in total. The minimum atomic E-state index is -0.223. The first-order valence-corrected chi connectivity index (χ1v) is 5.63. The summed E-state index contributed by atoms with van der Waals surface area (Å²) in [7, 11) is 0. The fourth-order valence-electron chi connectivity index (χ4n) is 1.49. The molecule has 0 fully saturated rings. The highest BCUT2D eigenvalue weighted by Crippen LogP contribution is 2.22. The van der Waals surface area contributed by atoms with Crippen LogP contribution in [-0.2, 0) is 6.42 Å². The molecule has 1 rings (SSSR count). The lowest BCUT2D eigenvalue weighted by atomic mass is 9.86. The van der Waals surface area contributed by atoms with Crippen molar-refractivity contribution in [1.29, 1.82) is 0 Å². The lowest BCUT2D eigenvalue weighted by Crippen LogP contribution is -2.26. The average Bonchev–Trinajstić information content (AvgIpc) is 2.15. The molecule has 0 bridgehead atoms. The first-order chi connectivity index (χ1) is 6.89. The summed E-state index contributed by atoms with van der Waals surface area (Å²) in [5.74, 6) is 0. The summed E-state index contributed by atoms with van der Waals surface area (Å²) < 4.78 is 0. The highest BCUT2D eigenvalue weighted by atomic mass is 16.3. The summed E-state index contributed by atoms with van der Waals surface area (Å²) in [6, 6.07) is 8.53. The van der Waals surface area contributed by atoms with E-state index in [9.17, 15) is 5.11 Å². The molecule has 1 heteroatoms. The van der Waals surface area contributed by atoms with Crippen LogP contribution >= 0.6 is 0 Å². The van der Waals surface area contributed by atoms with Crippen LogP contribution in [0.2, 0.25) is 0 Å². The van der Waals surface area contributed by atoms with E-state index in [-0.39, 0.29) is 11.5 Å². The molecule has 0 radical (unpaired) electrons. The number of benzene rings is 1. The molecule has 1 aromatic rings. The Morgan fingerprint density at radius 3 is 2.13 bits per heavy atom. The molecule has 0 aliphatic heterocycles. The van der Waals surface area contributed by atoms with Crippen LogP contribution in [0.3, 0.4) is 0 Å². The summed E-state index contributed by atoms with van der Waals surface area (Å²) >= 11 is 0. The first-order valence-electron chi connectivity index (χ1n) is 5.63. The van der Waals surface area contributed by atoms with Crippen molar-refractivity contribution in [2.45, 2.75) is 46.6 Å². The van der Waals surface area contributed by atoms with E-state index in [1.807, 2.05) is 0 Å². The van der Waals surface area contributed by atoms with Gasteiger partial charge in [0, 0.05) is 0 Å². The molecular weight excluding hydrogens is 184 g/mol. The van der Waals surface area contributed by atoms with Gasteiger partial charge in [0.15, 0.2) is 0 Å². The third kappa shape index (κ3) is 4.05. The summed E-state index contributed by atoms with van der Waals surface area (Å²) in [5.41, 5.74) is 2.59. The number of rotatable bonds is 3. The van der Waals surface area contributed by atoms with Crippen molar-refractivity contribution >= 4 is 0 Å². The molecule has 0 amide bonds. The van der Waals surface area contributed by atoms with Crippen LogP contribution in [-0.4, -0.2) is 11.2 Å². The number of hydrogen-bond acceptors (Lipinski definition) is 1. The van der Waals surface area contributed by atoms with Gasteiger partial charge in [0.25, 0.3) is 0 Å². The van der Waals surface area contributed by atoms with Gasteiger partial charge in [-0.05, 0) is 30.7 Å². The van der Waals surface area contributed by atoms with Crippen molar-refractivity contribution in [3.8, 4) is 0 Å². The van der Waals surface area contributed by atoms with Gasteiger partial charge in [0.1, 0.15) is 0 Å². The maximum atomic E-state index is 9.90. The highest BCUT2D eigenvalue weighted by molar-refractivity contribution is 5.21. The maximum Gasteiger partial charge on any atom is 0.0591 e. The van der Waals surface area contributed by atoms with E-state index >= 15 is 0 Å². The number of aryl methyl sites for hydroxylation is 2. The molecule has 0 aliphatic rings. The lowest BCUT2D eigenvalue weighted by molar-refractivity contribution is 0.0560. The normalized spacial score (nSPS) is 13.9. The van der Waals surface area contributed by atoms with E-state index in [4.69, 9.17) is 0 Å². The smallest absolute Gasteiger partial charge is 0.0591 e. The molecule has 0 heterocycles. The topological polar surface area (TPSA) is 20.2 Å². The third-order valence-electron chi connectivity index (χ3n) is 2.83. The molecule has 1 unspecified atom stereocenters. The van der Waals surface area contributed by atoms with Gasteiger partial charge in [-0.1, -0.05) is 50.6 Å². The summed E-state index contributed by atoms with van der Waals surface area (Å²) in [4.78, 5) is 0. The Kier molecular flexibility index (Phi) is 3.92. The molecule has 1 N–H and O–H groups in total. The van der Waals surface area contributed by atoms with Crippen LogP contribution in [0.5, 0.6) is 0 Å². The SMILES string of the molecule is Cc1ccc(CCC(O)C(C)(C)C)cc1. The van der Waals surface area contributed by atoms with Crippen LogP contribution in [0.25, 0.3) is 0 Å². The van der Waals surface area contributed by atoms with Crippen molar-refractivity contribution in [2.75, 3.05) is 0 Å². The van der Waals surface area contributed by atoms with Crippen LogP contribution < -0.4 is 0 Å². The second kappa shape index (κ2) is 4.80. The quantitative estimate of drug-likeness (QED) is 0.804. The fraction of sp³-hybridized carbons (Fsp3) is 0.571. The molecule has 0 spiro atoms. The Morgan fingerprint density at radius 2 is 1.67 bits per heavy atom. The lowest BCUT2D eigenvalue weighted by Gasteiger charge is -2.25. The summed E-state index contributed by atoms with van der Waals surface area (Å²) in [6.07, 6.45) is 1.57. The number of aliphatic hydroxyl groups is 1. The van der Waals surface area contributed by atoms with E-state index in [0.29, 0.717) is 0 Å². The van der Waals surface area contributed by atoms with Gasteiger partial charge >= 0.3 is 0 Å². The van der Waals surface area contributed by atoms with Crippen molar-refractivity contribution in [2.24, 2.45) is 5.41 Å². The zero-order valence-electron chi connectivity index (χ0n) is 10.2. The molecule has 0 saturated carbocycles. The molecule has 0 saturated heterocycles. The molecule has 1 atom stereocenters. The molecular formula is C14H22O. The predicted molar refractivity (Wildman–Crippen MR) is 65.0 cm³/mol. The van der Waals surface area contributed by atoms with Gasteiger partial charge in [0.2, 0.25) is 0 Å². The average molecular weight is 206 g/mol. The Hall–Kier alpha value is -0.820. The van der Waals surface area contributed by atoms with Gasteiger partial charge in [-0.25, -0.2) is 0 Å². The predicted octanol–water partition coefficient (Wildman–Crippen LogP) is 3.33. The van der Waals surface area contributed by atoms with Crippen molar-refractivity contribution in [3.05, 3.63) is 35.4 Å². The van der Waals surface area contributed by atoms with E-state index < -0.39 is 0 Å². The second-order valence-electron chi connectivity index (χ2n) is 5.41. The van der Waals surface area contributed by atoms with Gasteiger partial charge in [0.05, 0.1) is 6.10 Å². The second-order valence-corrected chi connectivity index (χ2v) is 5.41. The Morgan fingerprint density at radius 1 is 1.13 bits per heavy atom. The third-order valence-corrected chi connectivity index (χ3v) is 2.83. The molecule has 84 valence electrons. The Labute approximate surface area is 93.1 Å². The largest absolute Gasteiger partial charge is 0.393 e. The van der Waals surface area contributed by atoms with E-state index in [2.05, 4.69) is 52.0 Å². The minimum Gasteiger partial charge on any atom is -0.393 e. The maximum absolute atomic E-state index is 9.90. The minimum absolute atomic E-state index is 0.00923. The Bertz CT molecular complexity index is 292. The first kappa shape index (κ1) is 12.3. The molecule has 0 aliphatic carbocycles. The number of aliphatic hydroxyl groups excluding tert-OH is 1. The molecule has 0 aromatic heterocycles. The van der Waals surface area contributed by atoms with E-state index in [1.54, 1.807) is 0 Å². The zero-order valence-corrected chi connectivity index (χ0v) is 10.2. The van der Waals surface area contributed by atoms with Crippen LogP contribution in [0.1, 0.15) is 38.3 Å². The van der Waals surface area contributed by atoms with E-state index in [0.717, 1.165) is 12.8 Å². The van der Waals surface area contributed by atoms with Crippen LogP contribution in [0.15, 0.2) is 24.3 Å². The van der Waals surface area contributed by atoms with Gasteiger partial charge < -0.3 is 5.11 Å². The standard InChI is InChI=1S/C14H22O/c1-11-5-7-12(8-6-11)9-10-13(15)14(2,3)4/h5-8,13,15H,9-10H2,1-4H3. The van der Waals surface area contributed by atoms with Crippen molar-refractivity contribution in [1.82, 2.24) is 0 Å². The van der Waals surface area contributed by atoms with Crippen molar-refractivity contribution < 1.29 is 5.11 Å². The zero-order chi connectivity index (χ0) is 11.5. The number of hydrogen-bond donors (Lipinski definition) is 1. The molecule has 1 aromatic carbocycles. The van der Waals surface area contributed by atoms with E-state index in [1.165, 1.54) is 11.1 Å². The van der Waals surface area contributed by atoms with Crippen LogP contribution in [0.4, 0.5) is 0 Å². The summed E-state index contributed by atoms with van der Waals surface area (Å²) in [6.45, 7) is 8.32. The van der Waals surface area contributed by atoms with Gasteiger partial charge in [-0.3, -0.25) is 0 Å². The Balaban J connectivity index is 2.47. The molecule has 15 heavy (non-hydrogen) atoms. The van der Waals surface area contributed by atoms with Crippen molar-refractivity contribution in [3.63, 3.8) is 0 Å². The fourth-order valence-corrected chi connectivity index (χ4v) is 1.49. The monoisotopic (exact) mass is 206 g/mol. The van der Waals surface area contributed by atoms with Gasteiger partial charge in [-0.15, -0.1) is 0 Å². The van der Waals surface area contributed by atoms with Crippen LogP contribution in [0, 0.1) is 12.3 Å². The summed E-state index contributed by atoms with van der Waals surface area (Å²) in [5, 5.41) is 9.90.